The SMILES string of the molecule is Cc1cnc(NC(=O)[C@@H](C)S(C)(=O)=O)s1. The summed E-state index contributed by atoms with van der Waals surface area (Å²) < 4.78 is 22.2. The third-order valence-corrected chi connectivity index (χ3v) is 4.19. The fourth-order valence-corrected chi connectivity index (χ4v) is 1.93. The minimum atomic E-state index is -3.35. The van der Waals surface area contributed by atoms with Gasteiger partial charge in [-0.05, 0) is 13.8 Å². The van der Waals surface area contributed by atoms with Crippen molar-refractivity contribution >= 4 is 32.2 Å². The molecule has 0 bridgehead atoms. The number of carbonyl (C=O) groups excluding carboxylic acids is 1. The maximum atomic E-state index is 11.4. The molecule has 84 valence electrons. The largest absolute Gasteiger partial charge is 0.301 e. The first-order valence-electron chi connectivity index (χ1n) is 4.23. The van der Waals surface area contributed by atoms with Crippen molar-refractivity contribution in [2.24, 2.45) is 0 Å². The van der Waals surface area contributed by atoms with E-state index in [4.69, 9.17) is 0 Å². The molecule has 0 saturated carbocycles. The second-order valence-electron chi connectivity index (χ2n) is 3.24. The molecule has 1 rings (SSSR count). The summed E-state index contributed by atoms with van der Waals surface area (Å²) in [5.74, 6) is -0.549. The Hall–Kier alpha value is -0.950. The van der Waals surface area contributed by atoms with Crippen molar-refractivity contribution in [1.82, 2.24) is 4.98 Å². The predicted molar refractivity (Wildman–Crippen MR) is 59.8 cm³/mol. The van der Waals surface area contributed by atoms with Crippen molar-refractivity contribution < 1.29 is 13.2 Å². The molecule has 1 atom stereocenters. The van der Waals surface area contributed by atoms with Crippen LogP contribution < -0.4 is 5.32 Å². The van der Waals surface area contributed by atoms with Crippen LogP contribution in [-0.4, -0.2) is 30.8 Å². The lowest BCUT2D eigenvalue weighted by atomic mass is 10.4. The summed E-state index contributed by atoms with van der Waals surface area (Å²) in [5.41, 5.74) is 0. The van der Waals surface area contributed by atoms with E-state index in [9.17, 15) is 13.2 Å². The Bertz CT molecular complexity index is 464. The number of nitrogens with zero attached hydrogens (tertiary/aromatic N) is 1. The van der Waals surface area contributed by atoms with Crippen LogP contribution in [0.3, 0.4) is 0 Å². The highest BCUT2D eigenvalue weighted by molar-refractivity contribution is 7.92. The number of aryl methyl sites for hydroxylation is 1. The number of hydrogen-bond acceptors (Lipinski definition) is 5. The fourth-order valence-electron chi connectivity index (χ4n) is 0.814. The van der Waals surface area contributed by atoms with Gasteiger partial charge < -0.3 is 5.32 Å². The molecule has 0 spiro atoms. The Morgan fingerprint density at radius 2 is 2.20 bits per heavy atom. The van der Waals surface area contributed by atoms with Gasteiger partial charge in [0, 0.05) is 17.3 Å². The monoisotopic (exact) mass is 248 g/mol. The van der Waals surface area contributed by atoms with Crippen molar-refractivity contribution in [3.05, 3.63) is 11.1 Å². The van der Waals surface area contributed by atoms with Gasteiger partial charge in [0.15, 0.2) is 15.0 Å². The number of thiazole rings is 1. The topological polar surface area (TPSA) is 76.1 Å². The molecule has 0 saturated heterocycles. The Kier molecular flexibility index (Phi) is 3.46. The molecule has 0 aromatic carbocycles. The zero-order valence-corrected chi connectivity index (χ0v) is 10.3. The summed E-state index contributed by atoms with van der Waals surface area (Å²) >= 11 is 1.31. The van der Waals surface area contributed by atoms with Crippen LogP contribution in [0.1, 0.15) is 11.8 Å². The normalized spacial score (nSPS) is 13.5. The number of aromatic nitrogens is 1. The fraction of sp³-hybridized carbons (Fsp3) is 0.500. The van der Waals surface area contributed by atoms with Crippen molar-refractivity contribution in [2.75, 3.05) is 11.6 Å². The molecule has 0 aliphatic carbocycles. The number of hydrogen-bond donors (Lipinski definition) is 1. The molecule has 1 N–H and O–H groups in total. The van der Waals surface area contributed by atoms with Gasteiger partial charge in [-0.3, -0.25) is 4.79 Å². The summed E-state index contributed by atoms with van der Waals surface area (Å²) in [6, 6.07) is 0. The minimum Gasteiger partial charge on any atom is -0.301 e. The lowest BCUT2D eigenvalue weighted by molar-refractivity contribution is -0.115. The van der Waals surface area contributed by atoms with Gasteiger partial charge in [0.25, 0.3) is 0 Å². The molecule has 1 aromatic heterocycles. The van der Waals surface area contributed by atoms with E-state index < -0.39 is 21.0 Å². The van der Waals surface area contributed by atoms with Gasteiger partial charge >= 0.3 is 0 Å². The van der Waals surface area contributed by atoms with Crippen molar-refractivity contribution in [2.45, 2.75) is 19.1 Å². The number of nitrogens with one attached hydrogen (secondary N) is 1. The minimum absolute atomic E-state index is 0.424. The summed E-state index contributed by atoms with van der Waals surface area (Å²) in [5, 5.41) is 1.83. The molecule has 0 aliphatic heterocycles. The number of carbonyl (C=O) groups is 1. The maximum Gasteiger partial charge on any atom is 0.244 e. The van der Waals surface area contributed by atoms with E-state index in [1.54, 1.807) is 6.20 Å². The van der Waals surface area contributed by atoms with Gasteiger partial charge in [-0.15, -0.1) is 11.3 Å². The van der Waals surface area contributed by atoms with Crippen LogP contribution in [-0.2, 0) is 14.6 Å². The Labute approximate surface area is 92.5 Å². The van der Waals surface area contributed by atoms with E-state index >= 15 is 0 Å². The molecule has 7 heteroatoms. The van der Waals surface area contributed by atoms with Crippen LogP contribution in [0.4, 0.5) is 5.13 Å². The van der Waals surface area contributed by atoms with Crippen LogP contribution in [0.15, 0.2) is 6.20 Å². The highest BCUT2D eigenvalue weighted by Gasteiger charge is 2.24. The lowest BCUT2D eigenvalue weighted by Crippen LogP contribution is -2.31. The zero-order chi connectivity index (χ0) is 11.6. The van der Waals surface area contributed by atoms with Gasteiger partial charge in [0.2, 0.25) is 5.91 Å². The molecule has 0 fully saturated rings. The van der Waals surface area contributed by atoms with Crippen molar-refractivity contribution in [3.8, 4) is 0 Å². The Morgan fingerprint density at radius 1 is 1.60 bits per heavy atom. The Morgan fingerprint density at radius 3 is 2.60 bits per heavy atom. The maximum absolute atomic E-state index is 11.4. The smallest absolute Gasteiger partial charge is 0.244 e. The first-order chi connectivity index (χ1) is 6.80. The van der Waals surface area contributed by atoms with Crippen LogP contribution in [0, 0.1) is 6.92 Å². The number of anilines is 1. The molecular weight excluding hydrogens is 236 g/mol. The second-order valence-corrected chi connectivity index (χ2v) is 6.84. The number of amides is 1. The van der Waals surface area contributed by atoms with E-state index in [-0.39, 0.29) is 0 Å². The van der Waals surface area contributed by atoms with Crippen LogP contribution >= 0.6 is 11.3 Å². The van der Waals surface area contributed by atoms with Crippen molar-refractivity contribution in [1.29, 1.82) is 0 Å². The Balaban J connectivity index is 2.72. The summed E-state index contributed by atoms with van der Waals surface area (Å²) in [6.07, 6.45) is 2.65. The number of rotatable bonds is 3. The van der Waals surface area contributed by atoms with Crippen LogP contribution in [0.25, 0.3) is 0 Å². The van der Waals surface area contributed by atoms with Gasteiger partial charge in [-0.25, -0.2) is 13.4 Å². The average molecular weight is 248 g/mol. The highest BCUT2D eigenvalue weighted by atomic mass is 32.2. The van der Waals surface area contributed by atoms with Crippen molar-refractivity contribution in [3.63, 3.8) is 0 Å². The standard InChI is InChI=1S/C8H12N2O3S2/c1-5-4-9-8(14-5)10-7(11)6(2)15(3,12)13/h4,6H,1-3H3,(H,9,10,11)/t6-/m1/s1. The molecule has 0 unspecified atom stereocenters. The summed E-state index contributed by atoms with van der Waals surface area (Å²) in [7, 11) is -3.35. The van der Waals surface area contributed by atoms with Gasteiger partial charge in [0.1, 0.15) is 5.25 Å². The molecule has 0 radical (unpaired) electrons. The van der Waals surface area contributed by atoms with E-state index in [0.717, 1.165) is 11.1 Å². The first kappa shape index (κ1) is 12.1. The summed E-state index contributed by atoms with van der Waals surface area (Å²) in [6.45, 7) is 3.21. The second kappa shape index (κ2) is 4.28. The average Bonchev–Trinajstić information content (AvgIpc) is 2.48. The molecule has 1 heterocycles. The van der Waals surface area contributed by atoms with Gasteiger partial charge in [-0.1, -0.05) is 0 Å². The lowest BCUT2D eigenvalue weighted by Gasteiger charge is -2.07. The van der Waals surface area contributed by atoms with Gasteiger partial charge in [0.05, 0.1) is 0 Å². The highest BCUT2D eigenvalue weighted by Crippen LogP contribution is 2.17. The molecule has 5 nitrogen and oxygen atoms in total. The third-order valence-electron chi connectivity index (χ3n) is 1.86. The molecule has 1 aromatic rings. The number of sulfone groups is 1. The van der Waals surface area contributed by atoms with Crippen LogP contribution in [0.5, 0.6) is 0 Å². The van der Waals surface area contributed by atoms with E-state index in [1.807, 2.05) is 6.92 Å². The molecule has 1 amide bonds. The van der Waals surface area contributed by atoms with E-state index in [0.29, 0.717) is 5.13 Å². The first-order valence-corrected chi connectivity index (χ1v) is 7.00. The van der Waals surface area contributed by atoms with E-state index in [2.05, 4.69) is 10.3 Å². The molecule has 0 aliphatic rings. The molecular formula is C8H12N2O3S2. The third kappa shape index (κ3) is 3.28. The van der Waals surface area contributed by atoms with Crippen LogP contribution in [0.2, 0.25) is 0 Å². The zero-order valence-electron chi connectivity index (χ0n) is 8.64. The quantitative estimate of drug-likeness (QED) is 0.859. The predicted octanol–water partition coefficient (Wildman–Crippen LogP) is 0.823. The van der Waals surface area contributed by atoms with E-state index in [1.165, 1.54) is 18.3 Å². The van der Waals surface area contributed by atoms with Gasteiger partial charge in [-0.2, -0.15) is 0 Å². The summed E-state index contributed by atoms with van der Waals surface area (Å²) in [4.78, 5) is 16.3. The molecule has 15 heavy (non-hydrogen) atoms.